The second kappa shape index (κ2) is 8.41. The molecule has 0 aromatic rings. The highest BCUT2D eigenvalue weighted by Crippen LogP contribution is 2.16. The average Bonchev–Trinajstić information content (AvgIpc) is 2.26. The molecule has 6 nitrogen and oxygen atoms in total. The van der Waals surface area contributed by atoms with Crippen LogP contribution in [0.2, 0.25) is 0 Å². The summed E-state index contributed by atoms with van der Waals surface area (Å²) in [5, 5.41) is 10.1. The molecule has 2 atom stereocenters. The van der Waals surface area contributed by atoms with E-state index in [0.717, 1.165) is 0 Å². The Bertz CT molecular complexity index is 220. The van der Waals surface area contributed by atoms with Crippen molar-refractivity contribution in [2.75, 3.05) is 33.5 Å². The van der Waals surface area contributed by atoms with Gasteiger partial charge in [-0.25, -0.2) is 0 Å². The number of aliphatic hydroxyl groups is 1. The molecule has 0 aliphatic carbocycles. The second-order valence-electron chi connectivity index (χ2n) is 3.57. The first-order valence-corrected chi connectivity index (χ1v) is 5.56. The topological polar surface area (TPSA) is 74.2 Å². The summed E-state index contributed by atoms with van der Waals surface area (Å²) in [4.78, 5) is 10.9. The molecule has 0 aromatic heterocycles. The molecule has 0 aromatic carbocycles. The van der Waals surface area contributed by atoms with Gasteiger partial charge in [0.2, 0.25) is 0 Å². The van der Waals surface area contributed by atoms with Gasteiger partial charge < -0.3 is 24.1 Å². The molecule has 0 saturated carbocycles. The summed E-state index contributed by atoms with van der Waals surface area (Å²) in [5.41, 5.74) is 0. The molecule has 0 spiro atoms. The summed E-state index contributed by atoms with van der Waals surface area (Å²) in [7, 11) is 1.42. The average molecular weight is 250 g/mol. The molecule has 0 aliphatic heterocycles. The predicted molar refractivity (Wildman–Crippen MR) is 60.5 cm³/mol. The van der Waals surface area contributed by atoms with Gasteiger partial charge in [0.05, 0.1) is 13.2 Å². The van der Waals surface area contributed by atoms with Crippen molar-refractivity contribution in [3.8, 4) is 0 Å². The second-order valence-corrected chi connectivity index (χ2v) is 3.57. The first-order valence-electron chi connectivity index (χ1n) is 5.56. The molecule has 0 bridgehead atoms. The lowest BCUT2D eigenvalue weighted by atomic mass is 10.2. The van der Waals surface area contributed by atoms with Crippen LogP contribution in [-0.4, -0.2) is 56.5 Å². The zero-order valence-electron chi connectivity index (χ0n) is 10.9. The van der Waals surface area contributed by atoms with Gasteiger partial charge in [-0.1, -0.05) is 0 Å². The fraction of sp³-hybridized carbons (Fsp3) is 0.909. The number of esters is 1. The van der Waals surface area contributed by atoms with E-state index >= 15 is 0 Å². The minimum Gasteiger partial charge on any atom is -0.428 e. The van der Waals surface area contributed by atoms with Crippen LogP contribution in [0.5, 0.6) is 0 Å². The van der Waals surface area contributed by atoms with E-state index < -0.39 is 17.9 Å². The van der Waals surface area contributed by atoms with Crippen LogP contribution >= 0.6 is 0 Å². The summed E-state index contributed by atoms with van der Waals surface area (Å²) in [5.74, 6) is -2.36. The Labute approximate surface area is 102 Å². The van der Waals surface area contributed by atoms with Crippen molar-refractivity contribution >= 4 is 5.97 Å². The summed E-state index contributed by atoms with van der Waals surface area (Å²) in [6.07, 6.45) is -0.682. The quantitative estimate of drug-likeness (QED) is 0.361. The lowest BCUT2D eigenvalue weighted by Gasteiger charge is -2.31. The van der Waals surface area contributed by atoms with Crippen molar-refractivity contribution in [1.82, 2.24) is 0 Å². The van der Waals surface area contributed by atoms with Crippen molar-refractivity contribution in [1.29, 1.82) is 0 Å². The van der Waals surface area contributed by atoms with Gasteiger partial charge in [-0.05, 0) is 13.8 Å². The first kappa shape index (κ1) is 16.3. The third-order valence-electron chi connectivity index (χ3n) is 2.19. The van der Waals surface area contributed by atoms with Crippen LogP contribution in [0.1, 0.15) is 20.8 Å². The molecule has 0 fully saturated rings. The van der Waals surface area contributed by atoms with Crippen LogP contribution in [0.25, 0.3) is 0 Å². The molecular formula is C11H22O6. The van der Waals surface area contributed by atoms with Gasteiger partial charge in [-0.15, -0.1) is 0 Å². The number of rotatable bonds is 9. The molecule has 0 aliphatic rings. The number of carbonyl (C=O) groups is 1. The number of carbonyl (C=O) groups excluding carboxylic acids is 1. The van der Waals surface area contributed by atoms with Crippen LogP contribution in [0, 0.1) is 0 Å². The molecule has 2 unspecified atom stereocenters. The Hall–Kier alpha value is -0.690. The van der Waals surface area contributed by atoms with E-state index in [0.29, 0.717) is 19.8 Å². The number of hydrogen-bond donors (Lipinski definition) is 1. The normalized spacial score (nSPS) is 16.3. The molecule has 0 rings (SSSR count). The Morgan fingerprint density at radius 1 is 1.35 bits per heavy atom. The van der Waals surface area contributed by atoms with Crippen LogP contribution in [-0.2, 0) is 23.7 Å². The molecule has 0 radical (unpaired) electrons. The summed E-state index contributed by atoms with van der Waals surface area (Å²) in [6, 6.07) is 0. The van der Waals surface area contributed by atoms with Crippen LogP contribution in [0.4, 0.5) is 0 Å². The SMILES string of the molecule is CCOCCOCC(O)(OC(C)=O)C(C)OC. The Kier molecular flexibility index (Phi) is 8.07. The molecule has 1 N–H and O–H groups in total. The fourth-order valence-corrected chi connectivity index (χ4v) is 1.14. The largest absolute Gasteiger partial charge is 0.428 e. The minimum atomic E-state index is -1.77. The van der Waals surface area contributed by atoms with Crippen LogP contribution < -0.4 is 0 Å². The van der Waals surface area contributed by atoms with Crippen LogP contribution in [0.15, 0.2) is 0 Å². The maximum Gasteiger partial charge on any atom is 0.305 e. The van der Waals surface area contributed by atoms with Crippen LogP contribution in [0.3, 0.4) is 0 Å². The third kappa shape index (κ3) is 6.58. The Balaban J connectivity index is 4.15. The van der Waals surface area contributed by atoms with Gasteiger partial charge in [0, 0.05) is 20.6 Å². The van der Waals surface area contributed by atoms with E-state index in [1.165, 1.54) is 14.0 Å². The Morgan fingerprint density at radius 2 is 1.94 bits per heavy atom. The highest BCUT2D eigenvalue weighted by molar-refractivity contribution is 5.66. The van der Waals surface area contributed by atoms with Gasteiger partial charge >= 0.3 is 5.97 Å². The summed E-state index contributed by atoms with van der Waals surface area (Å²) in [6.45, 7) is 5.87. The van der Waals surface area contributed by atoms with Gasteiger partial charge in [0.15, 0.2) is 0 Å². The van der Waals surface area contributed by atoms with Crippen molar-refractivity contribution in [3.63, 3.8) is 0 Å². The minimum absolute atomic E-state index is 0.158. The van der Waals surface area contributed by atoms with Crippen molar-refractivity contribution in [2.24, 2.45) is 0 Å². The maximum absolute atomic E-state index is 10.9. The van der Waals surface area contributed by atoms with E-state index in [4.69, 9.17) is 18.9 Å². The summed E-state index contributed by atoms with van der Waals surface area (Å²) >= 11 is 0. The molecule has 17 heavy (non-hydrogen) atoms. The lowest BCUT2D eigenvalue weighted by molar-refractivity contribution is -0.267. The van der Waals surface area contributed by atoms with Gasteiger partial charge in [-0.2, -0.15) is 0 Å². The standard InChI is InChI=1S/C11H22O6/c1-5-15-6-7-16-8-11(13,9(2)14-4)17-10(3)12/h9,13H,5-8H2,1-4H3. The zero-order chi connectivity index (χ0) is 13.3. The fourth-order valence-electron chi connectivity index (χ4n) is 1.14. The lowest BCUT2D eigenvalue weighted by Crippen LogP contribution is -2.49. The van der Waals surface area contributed by atoms with E-state index in [-0.39, 0.29) is 6.61 Å². The van der Waals surface area contributed by atoms with E-state index in [1.807, 2.05) is 6.92 Å². The maximum atomic E-state index is 10.9. The van der Waals surface area contributed by atoms with Crippen molar-refractivity contribution in [3.05, 3.63) is 0 Å². The van der Waals surface area contributed by atoms with Crippen molar-refractivity contribution in [2.45, 2.75) is 32.7 Å². The number of methoxy groups -OCH3 is 1. The molecule has 0 heterocycles. The zero-order valence-corrected chi connectivity index (χ0v) is 10.9. The first-order chi connectivity index (χ1) is 7.96. The number of ether oxygens (including phenoxy) is 4. The van der Waals surface area contributed by atoms with Gasteiger partial charge in [0.25, 0.3) is 5.79 Å². The number of hydrogen-bond acceptors (Lipinski definition) is 6. The monoisotopic (exact) mass is 250 g/mol. The van der Waals surface area contributed by atoms with Crippen molar-refractivity contribution < 1.29 is 28.8 Å². The highest BCUT2D eigenvalue weighted by atomic mass is 16.7. The molecule has 0 amide bonds. The van der Waals surface area contributed by atoms with E-state index in [2.05, 4.69) is 0 Å². The molecule has 0 saturated heterocycles. The van der Waals surface area contributed by atoms with Gasteiger partial charge in [-0.3, -0.25) is 4.79 Å². The summed E-state index contributed by atoms with van der Waals surface area (Å²) < 4.78 is 20.0. The molecule has 102 valence electrons. The van der Waals surface area contributed by atoms with E-state index in [9.17, 15) is 9.90 Å². The Morgan fingerprint density at radius 3 is 2.41 bits per heavy atom. The molecule has 6 heteroatoms. The smallest absolute Gasteiger partial charge is 0.305 e. The van der Waals surface area contributed by atoms with E-state index in [1.54, 1.807) is 6.92 Å². The highest BCUT2D eigenvalue weighted by Gasteiger charge is 2.38. The third-order valence-corrected chi connectivity index (χ3v) is 2.19. The van der Waals surface area contributed by atoms with Gasteiger partial charge in [0.1, 0.15) is 12.7 Å². The predicted octanol–water partition coefficient (Wildman–Crippen LogP) is 0.326. The molecular weight excluding hydrogens is 228 g/mol.